The number of aryl methyl sites for hydroxylation is 1. The topological polar surface area (TPSA) is 103 Å². The average molecular weight is 286 g/mol. The van der Waals surface area contributed by atoms with Crippen LogP contribution in [0.15, 0.2) is 46.6 Å². The number of hydrogen-bond donors (Lipinski definition) is 1. The highest BCUT2D eigenvalue weighted by molar-refractivity contribution is 5.63. The van der Waals surface area contributed by atoms with Gasteiger partial charge in [-0.3, -0.25) is 10.1 Å². The minimum absolute atomic E-state index is 0.0128. The van der Waals surface area contributed by atoms with E-state index in [4.69, 9.17) is 10.5 Å². The van der Waals surface area contributed by atoms with Gasteiger partial charge in [-0.05, 0) is 36.8 Å². The highest BCUT2D eigenvalue weighted by Gasteiger charge is 2.06. The second kappa shape index (κ2) is 6.00. The van der Waals surface area contributed by atoms with Crippen LogP contribution in [0.5, 0.6) is 5.75 Å². The summed E-state index contributed by atoms with van der Waals surface area (Å²) in [7, 11) is 1.54. The van der Waals surface area contributed by atoms with Gasteiger partial charge in [-0.15, -0.1) is 0 Å². The number of benzene rings is 2. The van der Waals surface area contributed by atoms with Crippen LogP contribution in [0, 0.1) is 17.0 Å². The molecule has 0 saturated heterocycles. The minimum Gasteiger partial charge on any atom is -0.495 e. The third-order valence-corrected chi connectivity index (χ3v) is 2.88. The molecule has 0 radical (unpaired) electrons. The standard InChI is InChI=1S/C14H14N4O3/c1-9-7-14(21-2)12(15)8-13(9)17-16-10-3-5-11(6-4-10)18(19)20/h3-8H,15H2,1-2H3. The number of anilines is 1. The van der Waals surface area contributed by atoms with E-state index in [1.54, 1.807) is 19.2 Å². The van der Waals surface area contributed by atoms with Crippen molar-refractivity contribution in [3.05, 3.63) is 52.1 Å². The maximum absolute atomic E-state index is 10.6. The maximum atomic E-state index is 10.6. The van der Waals surface area contributed by atoms with Gasteiger partial charge in [0.2, 0.25) is 0 Å². The lowest BCUT2D eigenvalue weighted by Crippen LogP contribution is -1.92. The molecule has 21 heavy (non-hydrogen) atoms. The lowest BCUT2D eigenvalue weighted by molar-refractivity contribution is -0.384. The van der Waals surface area contributed by atoms with Crippen molar-refractivity contribution in [3.8, 4) is 5.75 Å². The number of nitro benzene ring substituents is 1. The summed E-state index contributed by atoms with van der Waals surface area (Å²) in [5.41, 5.74) is 8.31. The normalized spacial score (nSPS) is 10.8. The molecule has 108 valence electrons. The molecule has 7 nitrogen and oxygen atoms in total. The molecule has 0 aliphatic carbocycles. The third kappa shape index (κ3) is 3.33. The van der Waals surface area contributed by atoms with Crippen molar-refractivity contribution in [3.63, 3.8) is 0 Å². The average Bonchev–Trinajstić information content (AvgIpc) is 2.48. The first-order chi connectivity index (χ1) is 10.0. The van der Waals surface area contributed by atoms with E-state index in [1.807, 2.05) is 6.92 Å². The lowest BCUT2D eigenvalue weighted by atomic mass is 10.1. The number of azo groups is 1. The highest BCUT2D eigenvalue weighted by atomic mass is 16.6. The molecule has 0 saturated carbocycles. The molecule has 2 aromatic rings. The lowest BCUT2D eigenvalue weighted by Gasteiger charge is -2.07. The quantitative estimate of drug-likeness (QED) is 0.398. The zero-order valence-electron chi connectivity index (χ0n) is 11.6. The number of ether oxygens (including phenoxy) is 1. The molecule has 7 heteroatoms. The van der Waals surface area contributed by atoms with Crippen LogP contribution < -0.4 is 10.5 Å². The summed E-state index contributed by atoms with van der Waals surface area (Å²) in [5.74, 6) is 0.585. The van der Waals surface area contributed by atoms with Crippen LogP contribution in [0.2, 0.25) is 0 Å². The Balaban J connectivity index is 2.25. The van der Waals surface area contributed by atoms with E-state index in [2.05, 4.69) is 10.2 Å². The van der Waals surface area contributed by atoms with Crippen LogP contribution in [-0.2, 0) is 0 Å². The molecule has 0 fully saturated rings. The molecule has 2 N–H and O–H groups in total. The second-order valence-corrected chi connectivity index (χ2v) is 4.35. The number of nitro groups is 1. The number of nitrogen functional groups attached to an aromatic ring is 1. The van der Waals surface area contributed by atoms with E-state index < -0.39 is 4.92 Å². The first-order valence-electron chi connectivity index (χ1n) is 6.11. The Morgan fingerprint density at radius 2 is 1.86 bits per heavy atom. The Hall–Kier alpha value is -2.96. The van der Waals surface area contributed by atoms with Crippen LogP contribution >= 0.6 is 0 Å². The molecule has 0 aliphatic heterocycles. The van der Waals surface area contributed by atoms with Crippen molar-refractivity contribution in [1.29, 1.82) is 0 Å². The van der Waals surface area contributed by atoms with Gasteiger partial charge in [0.05, 0.1) is 29.1 Å². The number of hydrogen-bond acceptors (Lipinski definition) is 6. The van der Waals surface area contributed by atoms with Crippen LogP contribution in [0.25, 0.3) is 0 Å². The number of nitrogens with two attached hydrogens (primary N) is 1. The van der Waals surface area contributed by atoms with E-state index in [-0.39, 0.29) is 5.69 Å². The van der Waals surface area contributed by atoms with Crippen LogP contribution in [0.1, 0.15) is 5.56 Å². The monoisotopic (exact) mass is 286 g/mol. The molecule has 0 amide bonds. The Labute approximate surface area is 121 Å². The van der Waals surface area contributed by atoms with Crippen molar-refractivity contribution in [1.82, 2.24) is 0 Å². The molecule has 0 heterocycles. The summed E-state index contributed by atoms with van der Waals surface area (Å²) in [6, 6.07) is 9.27. The molecule has 2 aromatic carbocycles. The van der Waals surface area contributed by atoms with Gasteiger partial charge in [-0.25, -0.2) is 0 Å². The molecule has 0 spiro atoms. The Morgan fingerprint density at radius 1 is 1.19 bits per heavy atom. The van der Waals surface area contributed by atoms with Crippen molar-refractivity contribution in [2.75, 3.05) is 12.8 Å². The van der Waals surface area contributed by atoms with Gasteiger partial charge >= 0.3 is 0 Å². The van der Waals surface area contributed by atoms with Gasteiger partial charge in [0.1, 0.15) is 5.75 Å². The van der Waals surface area contributed by atoms with Crippen molar-refractivity contribution < 1.29 is 9.66 Å². The molecule has 2 rings (SSSR count). The fourth-order valence-electron chi connectivity index (χ4n) is 1.72. The van der Waals surface area contributed by atoms with Gasteiger partial charge in [0.25, 0.3) is 5.69 Å². The first kappa shape index (κ1) is 14.4. The Morgan fingerprint density at radius 3 is 2.43 bits per heavy atom. The fourth-order valence-corrected chi connectivity index (χ4v) is 1.72. The zero-order chi connectivity index (χ0) is 15.4. The van der Waals surface area contributed by atoms with E-state index in [9.17, 15) is 10.1 Å². The maximum Gasteiger partial charge on any atom is 0.269 e. The summed E-state index contributed by atoms with van der Waals surface area (Å²) in [5, 5.41) is 18.7. The number of rotatable bonds is 4. The highest BCUT2D eigenvalue weighted by Crippen LogP contribution is 2.31. The Kier molecular flexibility index (Phi) is 4.13. The van der Waals surface area contributed by atoms with Gasteiger partial charge < -0.3 is 10.5 Å². The fraction of sp³-hybridized carbons (Fsp3) is 0.143. The van der Waals surface area contributed by atoms with Crippen molar-refractivity contribution in [2.24, 2.45) is 10.2 Å². The van der Waals surface area contributed by atoms with Gasteiger partial charge in [-0.1, -0.05) is 0 Å². The molecule has 0 aliphatic rings. The van der Waals surface area contributed by atoms with Gasteiger partial charge in [0, 0.05) is 12.1 Å². The van der Waals surface area contributed by atoms with Crippen LogP contribution in [0.4, 0.5) is 22.7 Å². The number of nitrogens with zero attached hydrogens (tertiary/aromatic N) is 3. The molecule has 0 bridgehead atoms. The van der Waals surface area contributed by atoms with E-state index in [1.165, 1.54) is 24.3 Å². The molecule has 0 atom stereocenters. The minimum atomic E-state index is -0.463. The predicted octanol–water partition coefficient (Wildman–Crippen LogP) is 3.91. The number of non-ortho nitro benzene ring substituents is 1. The zero-order valence-corrected chi connectivity index (χ0v) is 11.6. The summed E-state index contributed by atoms with van der Waals surface area (Å²) in [6.45, 7) is 1.87. The summed E-state index contributed by atoms with van der Waals surface area (Å²) < 4.78 is 5.12. The molecule has 0 aromatic heterocycles. The molecular formula is C14H14N4O3. The third-order valence-electron chi connectivity index (χ3n) is 2.88. The largest absolute Gasteiger partial charge is 0.495 e. The summed E-state index contributed by atoms with van der Waals surface area (Å²) in [6.07, 6.45) is 0. The molecule has 0 unspecified atom stereocenters. The van der Waals surface area contributed by atoms with E-state index in [0.717, 1.165) is 5.56 Å². The summed E-state index contributed by atoms with van der Waals surface area (Å²) >= 11 is 0. The summed E-state index contributed by atoms with van der Waals surface area (Å²) in [4.78, 5) is 10.1. The Bertz CT molecular complexity index is 696. The van der Waals surface area contributed by atoms with Gasteiger partial charge in [-0.2, -0.15) is 10.2 Å². The van der Waals surface area contributed by atoms with Crippen LogP contribution in [0.3, 0.4) is 0 Å². The SMILES string of the molecule is COc1cc(C)c(N=Nc2ccc([N+](=O)[O-])cc2)cc1N. The smallest absolute Gasteiger partial charge is 0.269 e. The predicted molar refractivity (Wildman–Crippen MR) is 79.4 cm³/mol. The van der Waals surface area contributed by atoms with Crippen LogP contribution in [-0.4, -0.2) is 12.0 Å². The van der Waals surface area contributed by atoms with E-state index >= 15 is 0 Å². The van der Waals surface area contributed by atoms with Gasteiger partial charge in [0.15, 0.2) is 0 Å². The van der Waals surface area contributed by atoms with Crippen molar-refractivity contribution >= 4 is 22.7 Å². The number of methoxy groups -OCH3 is 1. The first-order valence-corrected chi connectivity index (χ1v) is 6.11. The van der Waals surface area contributed by atoms with Crippen molar-refractivity contribution in [2.45, 2.75) is 6.92 Å². The molecular weight excluding hydrogens is 272 g/mol. The van der Waals surface area contributed by atoms with E-state index in [0.29, 0.717) is 22.8 Å². The second-order valence-electron chi connectivity index (χ2n) is 4.35.